The van der Waals surface area contributed by atoms with E-state index in [4.69, 9.17) is 16.8 Å². The molecule has 0 radical (unpaired) electrons. The maximum Gasteiger partial charge on any atom is 0.274 e. The molecule has 0 spiro atoms. The average Bonchev–Trinajstić information content (AvgIpc) is 2.53. The van der Waals surface area contributed by atoms with Crippen LogP contribution in [0.2, 0.25) is 5.02 Å². The molecule has 2 rings (SSSR count). The van der Waals surface area contributed by atoms with Crippen molar-refractivity contribution >= 4 is 33.2 Å². The Balaban J connectivity index is 2.38. The highest BCUT2D eigenvalue weighted by Gasteiger charge is 2.24. The second kappa shape index (κ2) is 6.57. The topological polar surface area (TPSA) is 86.7 Å². The van der Waals surface area contributed by atoms with Crippen LogP contribution in [0.4, 0.5) is 5.69 Å². The fourth-order valence-corrected chi connectivity index (χ4v) is 3.76. The third kappa shape index (κ3) is 3.47. The van der Waals surface area contributed by atoms with Gasteiger partial charge in [0.1, 0.15) is 4.90 Å². The van der Waals surface area contributed by atoms with Crippen LogP contribution in [0.3, 0.4) is 0 Å². The number of aryl methyl sites for hydroxylation is 1. The zero-order chi connectivity index (χ0) is 17.2. The lowest BCUT2D eigenvalue weighted by molar-refractivity contribution is 0.0706. The minimum absolute atomic E-state index is 0.00412. The van der Waals surface area contributed by atoms with Crippen LogP contribution < -0.4 is 9.79 Å². The second-order valence-corrected chi connectivity index (χ2v) is 7.24. The molecule has 0 aliphatic carbocycles. The van der Waals surface area contributed by atoms with E-state index in [1.165, 1.54) is 42.9 Å². The Labute approximate surface area is 139 Å². The summed E-state index contributed by atoms with van der Waals surface area (Å²) in [6.45, 7) is 1.82. The number of nitrogens with zero attached hydrogens (tertiary/aromatic N) is 1. The summed E-state index contributed by atoms with van der Waals surface area (Å²) in [5.74, 6) is -0.677. The fraction of sp³-hybridized carbons (Fsp3) is 0.133. The highest BCUT2D eigenvalue weighted by molar-refractivity contribution is 7.93. The van der Waals surface area contributed by atoms with Crippen LogP contribution in [-0.2, 0) is 10.0 Å². The van der Waals surface area contributed by atoms with Crippen LogP contribution in [0.5, 0.6) is 0 Å². The number of nitrogens with one attached hydrogen (secondary N) is 1. The number of anilines is 1. The lowest BCUT2D eigenvalue weighted by Gasteiger charge is -2.20. The minimum Gasteiger partial charge on any atom is -0.288 e. The molecule has 0 saturated heterocycles. The van der Waals surface area contributed by atoms with E-state index in [9.17, 15) is 13.2 Å². The molecular weight excluding hydrogens is 340 g/mol. The smallest absolute Gasteiger partial charge is 0.274 e. The third-order valence-corrected chi connectivity index (χ3v) is 5.59. The van der Waals surface area contributed by atoms with Crippen molar-refractivity contribution in [2.45, 2.75) is 11.8 Å². The van der Waals surface area contributed by atoms with Gasteiger partial charge in [0, 0.05) is 12.6 Å². The quantitative estimate of drug-likeness (QED) is 0.652. The van der Waals surface area contributed by atoms with Gasteiger partial charge in [-0.2, -0.15) is 0 Å². The Morgan fingerprint density at radius 3 is 2.30 bits per heavy atom. The lowest BCUT2D eigenvalue weighted by Crippen LogP contribution is -2.27. The molecule has 0 aromatic heterocycles. The van der Waals surface area contributed by atoms with Crippen LogP contribution in [0, 0.1) is 6.92 Å². The number of sulfonamides is 1. The van der Waals surface area contributed by atoms with Gasteiger partial charge < -0.3 is 0 Å². The molecule has 0 atom stereocenters. The Morgan fingerprint density at radius 1 is 1.17 bits per heavy atom. The molecule has 0 unspecified atom stereocenters. The highest BCUT2D eigenvalue weighted by Crippen LogP contribution is 2.28. The van der Waals surface area contributed by atoms with Gasteiger partial charge >= 0.3 is 0 Å². The van der Waals surface area contributed by atoms with E-state index >= 15 is 0 Å². The number of hydrogen-bond donors (Lipinski definition) is 2. The summed E-state index contributed by atoms with van der Waals surface area (Å²) in [7, 11) is -2.43. The van der Waals surface area contributed by atoms with Crippen LogP contribution in [-0.4, -0.2) is 26.6 Å². The van der Waals surface area contributed by atoms with Gasteiger partial charge in [-0.3, -0.25) is 14.3 Å². The lowest BCUT2D eigenvalue weighted by atomic mass is 10.2. The number of hydrogen-bond acceptors (Lipinski definition) is 4. The van der Waals surface area contributed by atoms with Gasteiger partial charge in [0.15, 0.2) is 0 Å². The van der Waals surface area contributed by atoms with E-state index in [0.29, 0.717) is 5.69 Å². The van der Waals surface area contributed by atoms with E-state index in [-0.39, 0.29) is 15.5 Å². The number of amides is 1. The van der Waals surface area contributed by atoms with Crippen LogP contribution in [0.25, 0.3) is 0 Å². The van der Waals surface area contributed by atoms with E-state index in [1.807, 2.05) is 6.92 Å². The van der Waals surface area contributed by atoms with Gasteiger partial charge in [-0.15, -0.1) is 0 Å². The Bertz CT molecular complexity index is 835. The van der Waals surface area contributed by atoms with Crippen LogP contribution in [0.15, 0.2) is 47.4 Å². The Morgan fingerprint density at radius 2 is 1.78 bits per heavy atom. The number of halogens is 1. The van der Waals surface area contributed by atoms with E-state index in [2.05, 4.69) is 0 Å². The molecule has 2 aromatic rings. The first-order valence-electron chi connectivity index (χ1n) is 6.57. The van der Waals surface area contributed by atoms with Gasteiger partial charge in [0.25, 0.3) is 15.9 Å². The van der Waals surface area contributed by atoms with E-state index in [1.54, 1.807) is 12.1 Å². The third-order valence-electron chi connectivity index (χ3n) is 3.32. The molecule has 1 amide bonds. The SMILES string of the molecule is Cc1ccc(S(=O)(=O)N(C)c2ccc(C(=O)NO)cc2)c(Cl)c1. The average molecular weight is 355 g/mol. The van der Waals surface area contributed by atoms with Gasteiger partial charge in [-0.1, -0.05) is 17.7 Å². The second-order valence-electron chi connectivity index (χ2n) is 4.89. The van der Waals surface area contributed by atoms with E-state index in [0.717, 1.165) is 9.87 Å². The number of hydroxylamine groups is 1. The normalized spacial score (nSPS) is 11.1. The van der Waals surface area contributed by atoms with Gasteiger partial charge in [0.05, 0.1) is 10.7 Å². The van der Waals surface area contributed by atoms with Crippen LogP contribution in [0.1, 0.15) is 15.9 Å². The molecule has 0 fully saturated rings. The molecule has 8 heteroatoms. The summed E-state index contributed by atoms with van der Waals surface area (Å²) >= 11 is 6.04. The van der Waals surface area contributed by atoms with Crippen molar-refractivity contribution in [1.82, 2.24) is 5.48 Å². The monoisotopic (exact) mass is 354 g/mol. The molecular formula is C15H15ClN2O4S. The maximum atomic E-state index is 12.7. The molecule has 0 aliphatic heterocycles. The summed E-state index contributed by atoms with van der Waals surface area (Å²) in [5.41, 5.74) is 2.93. The molecule has 23 heavy (non-hydrogen) atoms. The van der Waals surface area contributed by atoms with Crippen molar-refractivity contribution in [2.24, 2.45) is 0 Å². The summed E-state index contributed by atoms with van der Waals surface area (Å²) in [6.07, 6.45) is 0. The van der Waals surface area contributed by atoms with Crippen molar-refractivity contribution < 1.29 is 18.4 Å². The van der Waals surface area contributed by atoms with Crippen molar-refractivity contribution in [1.29, 1.82) is 0 Å². The number of carbonyl (C=O) groups is 1. The van der Waals surface area contributed by atoms with E-state index < -0.39 is 15.9 Å². The van der Waals surface area contributed by atoms with Crippen molar-refractivity contribution in [2.75, 3.05) is 11.4 Å². The van der Waals surface area contributed by atoms with Crippen molar-refractivity contribution in [3.63, 3.8) is 0 Å². The predicted octanol–water partition coefficient (Wildman–Crippen LogP) is 2.59. The molecule has 122 valence electrons. The molecule has 6 nitrogen and oxygen atoms in total. The number of rotatable bonds is 4. The summed E-state index contributed by atoms with van der Waals surface area (Å²) < 4.78 is 26.4. The minimum atomic E-state index is -3.83. The first kappa shape index (κ1) is 17.3. The molecule has 0 saturated carbocycles. The highest BCUT2D eigenvalue weighted by atomic mass is 35.5. The molecule has 2 N–H and O–H groups in total. The summed E-state index contributed by atoms with van der Waals surface area (Å²) in [4.78, 5) is 11.3. The van der Waals surface area contributed by atoms with Gasteiger partial charge in [-0.05, 0) is 48.9 Å². The first-order chi connectivity index (χ1) is 10.8. The number of carbonyl (C=O) groups excluding carboxylic acids is 1. The van der Waals surface area contributed by atoms with Crippen LogP contribution >= 0.6 is 11.6 Å². The standard InChI is InChI=1S/C15H15ClN2O4S/c1-10-3-8-14(13(16)9-10)23(21,22)18(2)12-6-4-11(5-7-12)15(19)17-20/h3-9,20H,1-2H3,(H,17,19). The van der Waals surface area contributed by atoms with Crippen molar-refractivity contribution in [3.05, 3.63) is 58.6 Å². The van der Waals surface area contributed by atoms with Crippen molar-refractivity contribution in [3.8, 4) is 0 Å². The molecule has 2 aromatic carbocycles. The Hall–Kier alpha value is -2.09. The molecule has 0 heterocycles. The van der Waals surface area contributed by atoms with Gasteiger partial charge in [-0.25, -0.2) is 13.9 Å². The maximum absolute atomic E-state index is 12.7. The molecule has 0 bridgehead atoms. The molecule has 0 aliphatic rings. The zero-order valence-electron chi connectivity index (χ0n) is 12.4. The number of benzene rings is 2. The Kier molecular flexibility index (Phi) is 4.93. The summed E-state index contributed by atoms with van der Waals surface area (Å²) in [6, 6.07) is 10.4. The predicted molar refractivity (Wildman–Crippen MR) is 87.5 cm³/mol. The fourth-order valence-electron chi connectivity index (χ4n) is 1.99. The first-order valence-corrected chi connectivity index (χ1v) is 8.38. The summed E-state index contributed by atoms with van der Waals surface area (Å²) in [5, 5.41) is 8.72. The zero-order valence-corrected chi connectivity index (χ0v) is 14.0. The largest absolute Gasteiger partial charge is 0.288 e. The van der Waals surface area contributed by atoms with Gasteiger partial charge in [0.2, 0.25) is 0 Å².